The third kappa shape index (κ3) is 6.33. The van der Waals surface area contributed by atoms with Crippen LogP contribution in [0.5, 0.6) is 11.5 Å². The molecule has 0 aliphatic carbocycles. The second-order valence-electron chi connectivity index (χ2n) is 10.0. The maximum Gasteiger partial charge on any atom is 0.269 e. The molecule has 42 heavy (non-hydrogen) atoms. The van der Waals surface area contributed by atoms with Crippen LogP contribution in [-0.2, 0) is 16.6 Å². The van der Waals surface area contributed by atoms with E-state index in [0.717, 1.165) is 60.0 Å². The molecule has 0 radical (unpaired) electrons. The van der Waals surface area contributed by atoms with Crippen molar-refractivity contribution in [2.75, 3.05) is 43.5 Å². The summed E-state index contributed by atoms with van der Waals surface area (Å²) in [6, 6.07) is 7.46. The number of rotatable bonds is 11. The molecule has 2 aromatic carbocycles. The lowest BCUT2D eigenvalue weighted by molar-refractivity contribution is 0.113. The maximum absolute atomic E-state index is 15.6. The highest BCUT2D eigenvalue weighted by Crippen LogP contribution is 2.43. The normalized spacial score (nSPS) is 20.0. The first-order valence-corrected chi connectivity index (χ1v) is 16.7. The van der Waals surface area contributed by atoms with Crippen LogP contribution in [-0.4, -0.2) is 68.9 Å². The summed E-state index contributed by atoms with van der Waals surface area (Å²) in [5.41, 5.74) is 0.742. The Balaban J connectivity index is 0.00000198. The zero-order chi connectivity index (χ0) is 30.5. The predicted octanol–water partition coefficient (Wildman–Crippen LogP) is 5.78. The number of ether oxygens (including phenoxy) is 2. The number of methoxy groups -OCH3 is 2. The first kappa shape index (κ1) is 32.3. The van der Waals surface area contributed by atoms with Gasteiger partial charge in [-0.25, -0.2) is 22.1 Å². The molecular weight excluding hydrogens is 603 g/mol. The summed E-state index contributed by atoms with van der Waals surface area (Å²) >= 11 is 7.67. The van der Waals surface area contributed by atoms with Crippen molar-refractivity contribution in [3.05, 3.63) is 58.3 Å². The van der Waals surface area contributed by atoms with E-state index in [9.17, 15) is 13.5 Å². The number of nitrogens with one attached hydrogen (secondary N) is 1. The molecule has 0 saturated carbocycles. The molecule has 0 spiro atoms. The molecule has 5 rings (SSSR count). The van der Waals surface area contributed by atoms with E-state index >= 15 is 4.39 Å². The lowest BCUT2D eigenvalue weighted by Crippen LogP contribution is -2.48. The standard InChI is InChI=1S/C27H32ClFN4O5S2.C2H6/c1-37-20-5-4-18(24(12-20)38-2)15-33(26-30-9-11-39-26)40(35,36)25-13-21(28)23(14-22(25)29)31-17-27-7-3-10-32(27)19(16-34)6-8-27;1-2/h4-5,9,11-14,19,31,34H,3,6-8,10,15-17H2,1-2H3;1-2H3. The summed E-state index contributed by atoms with van der Waals surface area (Å²) in [6.45, 7) is 5.40. The molecule has 3 aromatic rings. The van der Waals surface area contributed by atoms with Crippen LogP contribution < -0.4 is 19.1 Å². The van der Waals surface area contributed by atoms with Crippen molar-refractivity contribution >= 4 is 43.8 Å². The van der Waals surface area contributed by atoms with Crippen molar-refractivity contribution in [1.29, 1.82) is 0 Å². The fourth-order valence-electron chi connectivity index (χ4n) is 5.83. The van der Waals surface area contributed by atoms with Crippen LogP contribution in [0.1, 0.15) is 45.1 Å². The molecule has 9 nitrogen and oxygen atoms in total. The minimum absolute atomic E-state index is 0.0961. The molecule has 0 bridgehead atoms. The zero-order valence-corrected chi connectivity index (χ0v) is 26.7. The molecule has 2 fully saturated rings. The Morgan fingerprint density at radius 3 is 2.69 bits per heavy atom. The van der Waals surface area contributed by atoms with Gasteiger partial charge >= 0.3 is 0 Å². The molecule has 2 atom stereocenters. The van der Waals surface area contributed by atoms with Crippen molar-refractivity contribution in [1.82, 2.24) is 9.88 Å². The van der Waals surface area contributed by atoms with Crippen LogP contribution in [0.3, 0.4) is 0 Å². The number of thiazole rings is 1. The molecule has 2 aliphatic heterocycles. The predicted molar refractivity (Wildman–Crippen MR) is 165 cm³/mol. The Bertz CT molecular complexity index is 1460. The first-order chi connectivity index (χ1) is 20.2. The molecular formula is C29H38ClFN4O5S2. The largest absolute Gasteiger partial charge is 0.497 e. The number of hydrogen-bond acceptors (Lipinski definition) is 9. The average Bonchev–Trinajstić information content (AvgIpc) is 3.75. The highest BCUT2D eigenvalue weighted by molar-refractivity contribution is 7.93. The van der Waals surface area contributed by atoms with Crippen molar-refractivity contribution in [2.24, 2.45) is 0 Å². The number of halogens is 2. The quantitative estimate of drug-likeness (QED) is 0.272. The minimum Gasteiger partial charge on any atom is -0.497 e. The van der Waals surface area contributed by atoms with E-state index in [2.05, 4.69) is 15.2 Å². The second-order valence-corrected chi connectivity index (χ2v) is 13.1. The second kappa shape index (κ2) is 13.8. The summed E-state index contributed by atoms with van der Waals surface area (Å²) in [5.74, 6) is 0.0512. The number of aliphatic hydroxyl groups excluding tert-OH is 1. The number of benzene rings is 2. The van der Waals surface area contributed by atoms with E-state index in [1.807, 2.05) is 13.8 Å². The molecule has 1 aromatic heterocycles. The third-order valence-corrected chi connectivity index (χ3v) is 10.9. The lowest BCUT2D eigenvalue weighted by Gasteiger charge is -2.35. The van der Waals surface area contributed by atoms with Crippen LogP contribution in [0.4, 0.5) is 15.2 Å². The van der Waals surface area contributed by atoms with Gasteiger partial charge in [-0.1, -0.05) is 25.4 Å². The molecule has 13 heteroatoms. The van der Waals surface area contributed by atoms with E-state index < -0.39 is 20.7 Å². The average molecular weight is 641 g/mol. The zero-order valence-electron chi connectivity index (χ0n) is 24.3. The lowest BCUT2D eigenvalue weighted by atomic mass is 9.94. The van der Waals surface area contributed by atoms with Gasteiger partial charge in [0.05, 0.1) is 38.1 Å². The van der Waals surface area contributed by atoms with E-state index in [4.69, 9.17) is 21.1 Å². The Kier molecular flexibility index (Phi) is 10.6. The number of anilines is 2. The number of sulfonamides is 1. The number of hydrogen-bond donors (Lipinski definition) is 2. The fraction of sp³-hybridized carbons (Fsp3) is 0.483. The van der Waals surface area contributed by atoms with Gasteiger partial charge in [0.25, 0.3) is 10.0 Å². The first-order valence-electron chi connectivity index (χ1n) is 14.0. The van der Waals surface area contributed by atoms with Crippen LogP contribution in [0.2, 0.25) is 5.02 Å². The van der Waals surface area contributed by atoms with E-state index in [-0.39, 0.29) is 34.9 Å². The smallest absolute Gasteiger partial charge is 0.269 e. The molecule has 2 unspecified atom stereocenters. The van der Waals surface area contributed by atoms with Gasteiger partial charge < -0.3 is 19.9 Å². The minimum atomic E-state index is -4.42. The number of nitrogens with zero attached hydrogens (tertiary/aromatic N) is 3. The van der Waals surface area contributed by atoms with Gasteiger partial charge in [-0.05, 0) is 56.5 Å². The topological polar surface area (TPSA) is 104 Å². The number of aliphatic hydroxyl groups is 1. The van der Waals surface area contributed by atoms with Gasteiger partial charge in [-0.3, -0.25) is 4.90 Å². The summed E-state index contributed by atoms with van der Waals surface area (Å²) in [7, 11) is -1.42. The van der Waals surface area contributed by atoms with E-state index in [1.54, 1.807) is 23.6 Å². The Morgan fingerprint density at radius 1 is 1.24 bits per heavy atom. The third-order valence-electron chi connectivity index (χ3n) is 7.88. The van der Waals surface area contributed by atoms with Crippen LogP contribution in [0, 0.1) is 5.82 Å². The highest BCUT2D eigenvalue weighted by Gasteiger charge is 2.48. The van der Waals surface area contributed by atoms with Crippen molar-refractivity contribution in [3.8, 4) is 11.5 Å². The Labute approximate surface area is 256 Å². The fourth-order valence-corrected chi connectivity index (χ4v) is 8.47. The van der Waals surface area contributed by atoms with Crippen molar-refractivity contribution < 1.29 is 27.4 Å². The highest BCUT2D eigenvalue weighted by atomic mass is 35.5. The van der Waals surface area contributed by atoms with Gasteiger partial charge in [0.1, 0.15) is 22.2 Å². The Hall–Kier alpha value is -2.64. The van der Waals surface area contributed by atoms with Gasteiger partial charge in [0.15, 0.2) is 5.13 Å². The number of aromatic nitrogens is 1. The molecule has 230 valence electrons. The van der Waals surface area contributed by atoms with Crippen LogP contribution >= 0.6 is 22.9 Å². The van der Waals surface area contributed by atoms with Gasteiger partial charge in [-0.15, -0.1) is 11.3 Å². The van der Waals surface area contributed by atoms with Crippen LogP contribution in [0.15, 0.2) is 46.8 Å². The van der Waals surface area contributed by atoms with E-state index in [0.29, 0.717) is 29.3 Å². The maximum atomic E-state index is 15.6. The summed E-state index contributed by atoms with van der Waals surface area (Å²) in [6.07, 6.45) is 5.32. The van der Waals surface area contributed by atoms with Crippen molar-refractivity contribution in [3.63, 3.8) is 0 Å². The van der Waals surface area contributed by atoms with Crippen molar-refractivity contribution in [2.45, 2.75) is 62.6 Å². The molecule has 2 N–H and O–H groups in total. The molecule has 2 saturated heterocycles. The number of fused-ring (bicyclic) bond motifs is 1. The van der Waals surface area contributed by atoms with Gasteiger partial charge in [0, 0.05) is 41.3 Å². The van der Waals surface area contributed by atoms with Gasteiger partial charge in [-0.2, -0.15) is 0 Å². The monoisotopic (exact) mass is 640 g/mol. The van der Waals surface area contributed by atoms with Gasteiger partial charge in [0.2, 0.25) is 0 Å². The van der Waals surface area contributed by atoms with Crippen LogP contribution in [0.25, 0.3) is 0 Å². The summed E-state index contributed by atoms with van der Waals surface area (Å²) < 4.78 is 55.1. The summed E-state index contributed by atoms with van der Waals surface area (Å²) in [4.78, 5) is 5.98. The molecule has 2 aliphatic rings. The SMILES string of the molecule is CC.COc1ccc(CN(c2nccs2)S(=O)(=O)c2cc(Cl)c(NCC34CCCN3C(CO)CC4)cc2F)c(OC)c1. The Morgan fingerprint density at radius 2 is 2.02 bits per heavy atom. The molecule has 3 heterocycles. The van der Waals surface area contributed by atoms with E-state index in [1.165, 1.54) is 20.4 Å². The summed E-state index contributed by atoms with van der Waals surface area (Å²) in [5, 5.41) is 14.9. The molecule has 0 amide bonds.